The summed E-state index contributed by atoms with van der Waals surface area (Å²) in [5.41, 5.74) is 6.53. The zero-order valence-electron chi connectivity index (χ0n) is 14.2. The van der Waals surface area contributed by atoms with Crippen LogP contribution in [0.4, 0.5) is 23.2 Å². The summed E-state index contributed by atoms with van der Waals surface area (Å²) in [4.78, 5) is 16.3. The number of carbonyl (C=O) groups is 1. The van der Waals surface area contributed by atoms with Crippen molar-refractivity contribution >= 4 is 29.1 Å². The first-order valence-corrected chi connectivity index (χ1v) is 8.09. The highest BCUT2D eigenvalue weighted by Gasteiger charge is 2.28. The third-order valence-electron chi connectivity index (χ3n) is 3.53. The first-order valence-electron chi connectivity index (χ1n) is 7.68. The summed E-state index contributed by atoms with van der Waals surface area (Å²) in [6.07, 6.45) is 1.22. The van der Waals surface area contributed by atoms with Crippen molar-refractivity contribution in [2.45, 2.75) is 13.1 Å². The van der Waals surface area contributed by atoms with Gasteiger partial charge >= 0.3 is 6.18 Å². The number of aromatic nitrogens is 1. The number of pyridine rings is 1. The standard InChI is InChI=1S/C17H16F4N4OS/c1-10-2-11(18)7-25(6-10)15(4-22)16(27)13-5-23-12(8-26)3-14(13)24-9-17(19,20)21/h2-6,8H,7,9,22H2,1H3,(H,23,24)/b15-4-. The van der Waals surface area contributed by atoms with Crippen LogP contribution in [-0.4, -0.2) is 40.3 Å². The molecular formula is C17H16F4N4OS. The van der Waals surface area contributed by atoms with Gasteiger partial charge in [0.1, 0.15) is 18.1 Å². The van der Waals surface area contributed by atoms with Crippen molar-refractivity contribution < 1.29 is 22.4 Å². The maximum absolute atomic E-state index is 13.8. The number of rotatable bonds is 6. The average molecular weight is 400 g/mol. The third-order valence-corrected chi connectivity index (χ3v) is 3.96. The monoisotopic (exact) mass is 400 g/mol. The molecule has 0 aromatic carbocycles. The maximum Gasteiger partial charge on any atom is 0.405 e. The fourth-order valence-electron chi connectivity index (χ4n) is 2.44. The SMILES string of the molecule is CC1=CN(/C(=C\N)C(=S)c2cnc(C=O)cc2NCC(F)(F)F)CC(F)=C1. The van der Waals surface area contributed by atoms with E-state index in [0.29, 0.717) is 11.9 Å². The van der Waals surface area contributed by atoms with Crippen LogP contribution in [0.15, 0.2) is 47.8 Å². The first kappa shape index (κ1) is 20.6. The minimum absolute atomic E-state index is 0.0255. The molecule has 1 aliphatic rings. The summed E-state index contributed by atoms with van der Waals surface area (Å²) in [7, 11) is 0. The van der Waals surface area contributed by atoms with Gasteiger partial charge in [-0.3, -0.25) is 9.78 Å². The predicted molar refractivity (Wildman–Crippen MR) is 97.8 cm³/mol. The molecule has 5 nitrogen and oxygen atoms in total. The van der Waals surface area contributed by atoms with E-state index in [9.17, 15) is 22.4 Å². The number of halogens is 4. The molecule has 10 heteroatoms. The molecule has 0 saturated heterocycles. The minimum Gasteiger partial charge on any atom is -0.403 e. The highest BCUT2D eigenvalue weighted by atomic mass is 32.1. The number of carbonyl (C=O) groups excluding carboxylic acids is 1. The molecule has 0 radical (unpaired) electrons. The number of anilines is 1. The summed E-state index contributed by atoms with van der Waals surface area (Å²) < 4.78 is 51.5. The Bertz CT molecular complexity index is 846. The topological polar surface area (TPSA) is 71.2 Å². The Kier molecular flexibility index (Phi) is 6.32. The van der Waals surface area contributed by atoms with Crippen molar-refractivity contribution in [1.29, 1.82) is 0 Å². The second kappa shape index (κ2) is 8.30. The molecule has 1 aliphatic heterocycles. The molecular weight excluding hydrogens is 384 g/mol. The van der Waals surface area contributed by atoms with Gasteiger partial charge < -0.3 is 16.0 Å². The lowest BCUT2D eigenvalue weighted by molar-refractivity contribution is -0.115. The van der Waals surface area contributed by atoms with Crippen LogP contribution in [0.1, 0.15) is 23.0 Å². The maximum atomic E-state index is 13.8. The van der Waals surface area contributed by atoms with Gasteiger partial charge in [0.2, 0.25) is 0 Å². The zero-order chi connectivity index (χ0) is 20.2. The van der Waals surface area contributed by atoms with Gasteiger partial charge in [-0.2, -0.15) is 13.2 Å². The Labute approximate surface area is 158 Å². The molecule has 0 saturated carbocycles. The second-order valence-electron chi connectivity index (χ2n) is 5.71. The normalized spacial score (nSPS) is 15.1. The molecule has 0 atom stereocenters. The van der Waals surface area contributed by atoms with Crippen molar-refractivity contribution in [2.75, 3.05) is 18.4 Å². The van der Waals surface area contributed by atoms with E-state index in [2.05, 4.69) is 10.3 Å². The van der Waals surface area contributed by atoms with Crippen LogP contribution in [0.2, 0.25) is 0 Å². The van der Waals surface area contributed by atoms with E-state index < -0.39 is 18.5 Å². The number of alkyl halides is 3. The van der Waals surface area contributed by atoms with Crippen LogP contribution in [0.25, 0.3) is 0 Å². The number of hydrogen-bond donors (Lipinski definition) is 2. The van der Waals surface area contributed by atoms with E-state index in [-0.39, 0.29) is 34.1 Å². The quantitative estimate of drug-likeness (QED) is 0.251. The number of nitrogens with two attached hydrogens (primary N) is 1. The van der Waals surface area contributed by atoms with Crippen LogP contribution >= 0.6 is 12.2 Å². The second-order valence-corrected chi connectivity index (χ2v) is 6.12. The van der Waals surface area contributed by atoms with Gasteiger partial charge in [-0.25, -0.2) is 4.39 Å². The first-order chi connectivity index (χ1) is 12.6. The Morgan fingerprint density at radius 2 is 2.19 bits per heavy atom. The van der Waals surface area contributed by atoms with Crippen LogP contribution in [-0.2, 0) is 0 Å². The van der Waals surface area contributed by atoms with Crippen LogP contribution in [0.3, 0.4) is 0 Å². The van der Waals surface area contributed by atoms with Crippen LogP contribution in [0, 0.1) is 0 Å². The summed E-state index contributed by atoms with van der Waals surface area (Å²) >= 11 is 5.36. The Hall–Kier alpha value is -2.75. The summed E-state index contributed by atoms with van der Waals surface area (Å²) in [6.45, 7) is 0.234. The molecule has 0 fully saturated rings. The minimum atomic E-state index is -4.48. The molecule has 0 aliphatic carbocycles. The number of nitrogens with one attached hydrogen (secondary N) is 1. The Balaban J connectivity index is 2.38. The van der Waals surface area contributed by atoms with E-state index in [1.165, 1.54) is 17.2 Å². The molecule has 0 spiro atoms. The number of hydrogen-bond acceptors (Lipinski definition) is 6. The van der Waals surface area contributed by atoms with Gasteiger partial charge in [-0.15, -0.1) is 0 Å². The Morgan fingerprint density at radius 1 is 1.48 bits per heavy atom. The fraction of sp³-hybridized carbons (Fsp3) is 0.235. The lowest BCUT2D eigenvalue weighted by Gasteiger charge is -2.27. The summed E-state index contributed by atoms with van der Waals surface area (Å²) in [6, 6.07) is 1.16. The molecule has 0 amide bonds. The van der Waals surface area contributed by atoms with Crippen LogP contribution < -0.4 is 11.1 Å². The highest BCUT2D eigenvalue weighted by molar-refractivity contribution is 7.81. The molecule has 1 aromatic rings. The van der Waals surface area contributed by atoms with Crippen molar-refractivity contribution in [3.63, 3.8) is 0 Å². The molecule has 2 rings (SSSR count). The zero-order valence-corrected chi connectivity index (χ0v) is 15.0. The van der Waals surface area contributed by atoms with E-state index >= 15 is 0 Å². The van der Waals surface area contributed by atoms with Gasteiger partial charge in [-0.1, -0.05) is 12.2 Å². The number of allylic oxidation sites excluding steroid dienone is 3. The van der Waals surface area contributed by atoms with Crippen molar-refractivity contribution in [1.82, 2.24) is 9.88 Å². The molecule has 1 aromatic heterocycles. The average Bonchev–Trinajstić information content (AvgIpc) is 2.58. The van der Waals surface area contributed by atoms with Crippen molar-refractivity contribution in [3.05, 3.63) is 59.1 Å². The lowest BCUT2D eigenvalue weighted by Crippen LogP contribution is -2.28. The van der Waals surface area contributed by atoms with Crippen molar-refractivity contribution in [2.24, 2.45) is 5.73 Å². The van der Waals surface area contributed by atoms with Crippen LogP contribution in [0.5, 0.6) is 0 Å². The fourth-order valence-corrected chi connectivity index (χ4v) is 2.79. The molecule has 0 unspecified atom stereocenters. The van der Waals surface area contributed by atoms with E-state index in [0.717, 1.165) is 12.3 Å². The summed E-state index contributed by atoms with van der Waals surface area (Å²) in [5, 5.41) is 2.21. The molecule has 0 bridgehead atoms. The summed E-state index contributed by atoms with van der Waals surface area (Å²) in [5.74, 6) is -0.415. The smallest absolute Gasteiger partial charge is 0.403 e. The van der Waals surface area contributed by atoms with Gasteiger partial charge in [0, 0.05) is 29.8 Å². The lowest BCUT2D eigenvalue weighted by atomic mass is 10.1. The van der Waals surface area contributed by atoms with Gasteiger partial charge in [-0.05, 0) is 24.6 Å². The number of nitrogens with zero attached hydrogens (tertiary/aromatic N) is 2. The van der Waals surface area contributed by atoms with Gasteiger partial charge in [0.25, 0.3) is 0 Å². The molecule has 144 valence electrons. The van der Waals surface area contributed by atoms with E-state index in [1.54, 1.807) is 13.1 Å². The van der Waals surface area contributed by atoms with Gasteiger partial charge in [0.15, 0.2) is 6.29 Å². The Morgan fingerprint density at radius 3 is 2.74 bits per heavy atom. The molecule has 3 N–H and O–H groups in total. The third kappa shape index (κ3) is 5.36. The predicted octanol–water partition coefficient (Wildman–Crippen LogP) is 3.46. The van der Waals surface area contributed by atoms with Gasteiger partial charge in [0.05, 0.1) is 17.1 Å². The number of thiocarbonyl (C=S) groups is 1. The largest absolute Gasteiger partial charge is 0.405 e. The van der Waals surface area contributed by atoms with E-state index in [4.69, 9.17) is 18.0 Å². The molecule has 27 heavy (non-hydrogen) atoms. The highest BCUT2D eigenvalue weighted by Crippen LogP contribution is 2.26. The molecule has 2 heterocycles. The van der Waals surface area contributed by atoms with Crippen molar-refractivity contribution in [3.8, 4) is 0 Å². The number of aldehydes is 1. The van der Waals surface area contributed by atoms with E-state index in [1.807, 2.05) is 0 Å².